The molecule has 2 aromatic heterocycles. The first-order valence-electron chi connectivity index (χ1n) is 7.05. The van der Waals surface area contributed by atoms with E-state index in [0.29, 0.717) is 13.1 Å². The van der Waals surface area contributed by atoms with Gasteiger partial charge in [0.15, 0.2) is 0 Å². The molecule has 6 heteroatoms. The number of carbonyl (C=O) groups is 1. The Morgan fingerprint density at radius 2 is 2.33 bits per heavy atom. The lowest BCUT2D eigenvalue weighted by Gasteiger charge is -2.23. The van der Waals surface area contributed by atoms with Crippen LogP contribution in [0.2, 0.25) is 0 Å². The monoisotopic (exact) mass is 306 g/mol. The minimum Gasteiger partial charge on any atom is -0.340 e. The first-order valence-corrected chi connectivity index (χ1v) is 7.99. The van der Waals surface area contributed by atoms with Gasteiger partial charge in [-0.3, -0.25) is 9.48 Å². The SMILES string of the molecule is C[C@H]([C@@H](C)NCC(=O)N(C)Cc1ccsc1)n1cccn1. The molecule has 1 N–H and O–H groups in total. The van der Waals surface area contributed by atoms with Crippen LogP contribution in [0.5, 0.6) is 0 Å². The highest BCUT2D eigenvalue weighted by Crippen LogP contribution is 2.10. The van der Waals surface area contributed by atoms with Gasteiger partial charge in [-0.25, -0.2) is 0 Å². The first-order chi connectivity index (χ1) is 10.1. The lowest BCUT2D eigenvalue weighted by molar-refractivity contribution is -0.129. The van der Waals surface area contributed by atoms with E-state index in [2.05, 4.69) is 29.6 Å². The van der Waals surface area contributed by atoms with Gasteiger partial charge in [-0.2, -0.15) is 16.4 Å². The Bertz CT molecular complexity index is 538. The lowest BCUT2D eigenvalue weighted by Crippen LogP contribution is -2.41. The van der Waals surface area contributed by atoms with Gasteiger partial charge in [0.2, 0.25) is 5.91 Å². The molecule has 0 aliphatic carbocycles. The standard InChI is InChI=1S/C15H22N4OS/c1-12(13(2)19-7-4-6-17-19)16-9-15(20)18(3)10-14-5-8-21-11-14/h4-8,11-13,16H,9-10H2,1-3H3/t12-,13-/m1/s1. The second-order valence-electron chi connectivity index (χ2n) is 5.28. The Morgan fingerprint density at radius 1 is 1.52 bits per heavy atom. The van der Waals surface area contributed by atoms with E-state index in [0.717, 1.165) is 0 Å². The maximum absolute atomic E-state index is 12.1. The number of thiophene rings is 1. The Balaban J connectivity index is 1.77. The van der Waals surface area contributed by atoms with Crippen LogP contribution in [0.3, 0.4) is 0 Å². The van der Waals surface area contributed by atoms with Crippen molar-refractivity contribution in [2.45, 2.75) is 32.5 Å². The number of hydrogen-bond donors (Lipinski definition) is 1. The largest absolute Gasteiger partial charge is 0.340 e. The number of amides is 1. The van der Waals surface area contributed by atoms with Gasteiger partial charge in [0.1, 0.15) is 0 Å². The Morgan fingerprint density at radius 3 is 2.95 bits per heavy atom. The molecule has 2 aromatic rings. The number of rotatable bonds is 7. The molecular formula is C15H22N4OS. The van der Waals surface area contributed by atoms with E-state index < -0.39 is 0 Å². The number of nitrogens with one attached hydrogen (secondary N) is 1. The maximum Gasteiger partial charge on any atom is 0.236 e. The third kappa shape index (κ3) is 4.41. The fourth-order valence-electron chi connectivity index (χ4n) is 2.05. The van der Waals surface area contributed by atoms with Crippen molar-refractivity contribution in [2.75, 3.05) is 13.6 Å². The van der Waals surface area contributed by atoms with Gasteiger partial charge in [-0.05, 0) is 42.3 Å². The van der Waals surface area contributed by atoms with Gasteiger partial charge in [-0.15, -0.1) is 0 Å². The molecule has 0 aromatic carbocycles. The average Bonchev–Trinajstić information content (AvgIpc) is 3.16. The van der Waals surface area contributed by atoms with Crippen molar-refractivity contribution < 1.29 is 4.79 Å². The molecule has 5 nitrogen and oxygen atoms in total. The second-order valence-corrected chi connectivity index (χ2v) is 6.06. The number of likely N-dealkylation sites (N-methyl/N-ethyl adjacent to an activating group) is 1. The van der Waals surface area contributed by atoms with Gasteiger partial charge in [0.05, 0.1) is 12.6 Å². The van der Waals surface area contributed by atoms with Crippen LogP contribution < -0.4 is 5.32 Å². The van der Waals surface area contributed by atoms with Crippen LogP contribution in [0.15, 0.2) is 35.3 Å². The Labute approximate surface area is 129 Å². The molecule has 0 unspecified atom stereocenters. The molecule has 21 heavy (non-hydrogen) atoms. The van der Waals surface area contributed by atoms with Crippen molar-refractivity contribution in [1.29, 1.82) is 0 Å². The summed E-state index contributed by atoms with van der Waals surface area (Å²) in [7, 11) is 1.84. The molecule has 0 aliphatic heterocycles. The molecule has 2 rings (SSSR count). The van der Waals surface area contributed by atoms with Crippen LogP contribution >= 0.6 is 11.3 Å². The van der Waals surface area contributed by atoms with Crippen LogP contribution in [0.4, 0.5) is 0 Å². The maximum atomic E-state index is 12.1. The minimum atomic E-state index is 0.0979. The van der Waals surface area contributed by atoms with E-state index in [1.807, 2.05) is 35.4 Å². The Kier molecular flexibility index (Phi) is 5.52. The number of nitrogens with zero attached hydrogens (tertiary/aromatic N) is 3. The molecule has 0 radical (unpaired) electrons. The third-order valence-electron chi connectivity index (χ3n) is 3.67. The van der Waals surface area contributed by atoms with E-state index in [1.165, 1.54) is 5.56 Å². The zero-order valence-corrected chi connectivity index (χ0v) is 13.5. The molecule has 0 bridgehead atoms. The summed E-state index contributed by atoms with van der Waals surface area (Å²) in [5, 5.41) is 11.6. The minimum absolute atomic E-state index is 0.0979. The van der Waals surface area contributed by atoms with Crippen LogP contribution in [0.1, 0.15) is 25.5 Å². The molecular weight excluding hydrogens is 284 g/mol. The first kappa shape index (κ1) is 15.7. The number of aromatic nitrogens is 2. The lowest BCUT2D eigenvalue weighted by atomic mass is 10.2. The summed E-state index contributed by atoms with van der Waals surface area (Å²) in [6.07, 6.45) is 3.70. The van der Waals surface area contributed by atoms with Crippen molar-refractivity contribution in [3.05, 3.63) is 40.8 Å². The summed E-state index contributed by atoms with van der Waals surface area (Å²) in [4.78, 5) is 13.9. The molecule has 2 heterocycles. The Hall–Kier alpha value is -1.66. The van der Waals surface area contributed by atoms with E-state index >= 15 is 0 Å². The third-order valence-corrected chi connectivity index (χ3v) is 4.40. The summed E-state index contributed by atoms with van der Waals surface area (Å²) in [5.74, 6) is 0.0979. The van der Waals surface area contributed by atoms with Crippen LogP contribution in [0, 0.1) is 0 Å². The predicted molar refractivity (Wildman–Crippen MR) is 85.2 cm³/mol. The van der Waals surface area contributed by atoms with E-state index in [-0.39, 0.29) is 18.0 Å². The number of hydrogen-bond acceptors (Lipinski definition) is 4. The van der Waals surface area contributed by atoms with E-state index in [1.54, 1.807) is 22.4 Å². The highest BCUT2D eigenvalue weighted by molar-refractivity contribution is 7.07. The summed E-state index contributed by atoms with van der Waals surface area (Å²) in [6.45, 7) is 5.16. The van der Waals surface area contributed by atoms with E-state index in [9.17, 15) is 4.79 Å². The summed E-state index contributed by atoms with van der Waals surface area (Å²) in [6, 6.07) is 4.33. The van der Waals surface area contributed by atoms with Gasteiger partial charge >= 0.3 is 0 Å². The molecule has 0 saturated heterocycles. The van der Waals surface area contributed by atoms with Gasteiger partial charge in [-0.1, -0.05) is 0 Å². The highest BCUT2D eigenvalue weighted by atomic mass is 32.1. The van der Waals surface area contributed by atoms with Crippen LogP contribution in [0.25, 0.3) is 0 Å². The smallest absolute Gasteiger partial charge is 0.236 e. The average molecular weight is 306 g/mol. The van der Waals surface area contributed by atoms with Crippen molar-refractivity contribution in [2.24, 2.45) is 0 Å². The molecule has 1 amide bonds. The number of carbonyl (C=O) groups excluding carboxylic acids is 1. The van der Waals surface area contributed by atoms with Gasteiger partial charge in [0, 0.05) is 32.0 Å². The molecule has 2 atom stereocenters. The van der Waals surface area contributed by atoms with Gasteiger partial charge in [0.25, 0.3) is 0 Å². The molecule has 0 aliphatic rings. The highest BCUT2D eigenvalue weighted by Gasteiger charge is 2.16. The zero-order chi connectivity index (χ0) is 15.2. The summed E-state index contributed by atoms with van der Waals surface area (Å²) < 4.78 is 1.90. The molecule has 0 fully saturated rings. The van der Waals surface area contributed by atoms with Gasteiger partial charge < -0.3 is 10.2 Å². The summed E-state index contributed by atoms with van der Waals surface area (Å²) in [5.41, 5.74) is 1.17. The van der Waals surface area contributed by atoms with Crippen molar-refractivity contribution in [3.63, 3.8) is 0 Å². The second kappa shape index (κ2) is 7.38. The normalized spacial score (nSPS) is 13.9. The topological polar surface area (TPSA) is 50.2 Å². The fourth-order valence-corrected chi connectivity index (χ4v) is 2.71. The fraction of sp³-hybridized carbons (Fsp3) is 0.467. The molecule has 0 spiro atoms. The van der Waals surface area contributed by atoms with Crippen molar-refractivity contribution in [3.8, 4) is 0 Å². The van der Waals surface area contributed by atoms with Crippen LogP contribution in [-0.4, -0.2) is 40.2 Å². The van der Waals surface area contributed by atoms with Crippen molar-refractivity contribution in [1.82, 2.24) is 20.0 Å². The predicted octanol–water partition coefficient (Wildman–Crippen LogP) is 2.14. The quantitative estimate of drug-likeness (QED) is 0.852. The summed E-state index contributed by atoms with van der Waals surface area (Å²) >= 11 is 1.65. The zero-order valence-electron chi connectivity index (χ0n) is 12.7. The molecule has 114 valence electrons. The van der Waals surface area contributed by atoms with Crippen molar-refractivity contribution >= 4 is 17.2 Å². The van der Waals surface area contributed by atoms with E-state index in [4.69, 9.17) is 0 Å². The molecule has 0 saturated carbocycles. The van der Waals surface area contributed by atoms with Crippen LogP contribution in [-0.2, 0) is 11.3 Å².